The van der Waals surface area contributed by atoms with Gasteiger partial charge in [0.15, 0.2) is 0 Å². The molecule has 128 valence electrons. The molecule has 0 saturated heterocycles. The van der Waals surface area contributed by atoms with E-state index in [0.29, 0.717) is 0 Å². The summed E-state index contributed by atoms with van der Waals surface area (Å²) in [6.07, 6.45) is 16.9. The van der Waals surface area contributed by atoms with Gasteiger partial charge in [0.1, 0.15) is 0 Å². The lowest BCUT2D eigenvalue weighted by atomic mass is 9.65. The topological polar surface area (TPSA) is 0 Å². The molecule has 0 unspecified atom stereocenters. The predicted octanol–water partition coefficient (Wildman–Crippen LogP) is 7.86. The van der Waals surface area contributed by atoms with Gasteiger partial charge in [-0.3, -0.25) is 0 Å². The molecule has 0 aromatic heterocycles. The summed E-state index contributed by atoms with van der Waals surface area (Å²) in [7, 11) is 0. The van der Waals surface area contributed by atoms with Crippen LogP contribution >= 0.6 is 0 Å². The first-order valence-corrected chi connectivity index (χ1v) is 10.3. The first-order chi connectivity index (χ1) is 10.3. The van der Waals surface area contributed by atoms with Crippen LogP contribution in [0, 0.1) is 23.7 Å². The van der Waals surface area contributed by atoms with Crippen molar-refractivity contribution in [2.75, 3.05) is 0 Å². The first kappa shape index (κ1) is 21.0. The van der Waals surface area contributed by atoms with Gasteiger partial charge >= 0.3 is 0 Å². The van der Waals surface area contributed by atoms with Crippen LogP contribution in [0.15, 0.2) is 0 Å². The van der Waals surface area contributed by atoms with E-state index in [1.54, 1.807) is 51.4 Å². The molecule has 0 nitrogen and oxygen atoms in total. The van der Waals surface area contributed by atoms with E-state index in [1.165, 1.54) is 42.9 Å². The Morgan fingerprint density at radius 2 is 0.714 bits per heavy atom. The zero-order valence-electron chi connectivity index (χ0n) is 16.1. The molecule has 0 amide bonds. The average molecular weight is 297 g/mol. The van der Waals surface area contributed by atoms with E-state index in [2.05, 4.69) is 13.8 Å². The molecule has 0 aromatic carbocycles. The molecule has 6 aliphatic rings. The summed E-state index contributed by atoms with van der Waals surface area (Å²) < 4.78 is 0. The molecule has 0 aromatic rings. The van der Waals surface area contributed by atoms with Crippen LogP contribution in [0.3, 0.4) is 0 Å². The number of fused-ring (bicyclic) bond motifs is 4. The maximum absolute atomic E-state index is 2.12. The van der Waals surface area contributed by atoms with Crippen molar-refractivity contribution in [2.24, 2.45) is 23.7 Å². The largest absolute Gasteiger partial charge is 0.0683 e. The Hall–Kier alpha value is 0. The second kappa shape index (κ2) is 13.6. The van der Waals surface area contributed by atoms with Crippen molar-refractivity contribution in [3.05, 3.63) is 0 Å². The molecule has 0 heterocycles. The summed E-state index contributed by atoms with van der Waals surface area (Å²) in [5.74, 6) is 4.72. The lowest BCUT2D eigenvalue weighted by Crippen LogP contribution is -2.28. The fourth-order valence-electron chi connectivity index (χ4n) is 4.08. The zero-order chi connectivity index (χ0) is 16.1. The van der Waals surface area contributed by atoms with Crippen molar-refractivity contribution < 1.29 is 0 Å². The van der Waals surface area contributed by atoms with E-state index >= 15 is 0 Å². The Balaban J connectivity index is 0.000000272. The quantitative estimate of drug-likeness (QED) is 0.426. The van der Waals surface area contributed by atoms with Crippen molar-refractivity contribution in [2.45, 2.75) is 112 Å². The molecule has 6 fully saturated rings. The maximum atomic E-state index is 2.12. The lowest BCUT2D eigenvalue weighted by Gasteiger charge is -2.40. The highest BCUT2D eigenvalue weighted by atomic mass is 14.4. The molecular formula is C21H44. The summed E-state index contributed by atoms with van der Waals surface area (Å²) >= 11 is 0. The summed E-state index contributed by atoms with van der Waals surface area (Å²) in [6.45, 7) is 12.2. The maximum Gasteiger partial charge on any atom is -0.0409 e. The van der Waals surface area contributed by atoms with Crippen molar-refractivity contribution in [3.8, 4) is 0 Å². The van der Waals surface area contributed by atoms with Crippen LogP contribution in [0.2, 0.25) is 0 Å². The van der Waals surface area contributed by atoms with Crippen LogP contribution in [-0.2, 0) is 0 Å². The van der Waals surface area contributed by atoms with E-state index < -0.39 is 0 Å². The van der Waals surface area contributed by atoms with Gasteiger partial charge in [-0.05, 0) is 49.4 Å². The van der Waals surface area contributed by atoms with Crippen LogP contribution in [0.5, 0.6) is 0 Å². The van der Waals surface area contributed by atoms with Gasteiger partial charge in [-0.15, -0.1) is 0 Å². The summed E-state index contributed by atoms with van der Waals surface area (Å²) in [5, 5.41) is 0. The third-order valence-corrected chi connectivity index (χ3v) is 5.12. The fourth-order valence-corrected chi connectivity index (χ4v) is 4.08. The van der Waals surface area contributed by atoms with E-state index in [1.807, 2.05) is 27.7 Å². The van der Waals surface area contributed by atoms with E-state index in [-0.39, 0.29) is 0 Å². The molecule has 0 N–H and O–H groups in total. The second-order valence-corrected chi connectivity index (χ2v) is 6.98. The van der Waals surface area contributed by atoms with Gasteiger partial charge in [0.25, 0.3) is 0 Å². The Morgan fingerprint density at radius 1 is 0.524 bits per heavy atom. The molecule has 4 bridgehead atoms. The molecule has 6 aliphatic carbocycles. The lowest BCUT2D eigenvalue weighted by molar-refractivity contribution is 0.115. The average Bonchev–Trinajstić information content (AvgIpc) is 2.53. The van der Waals surface area contributed by atoms with Crippen LogP contribution in [-0.4, -0.2) is 0 Å². The van der Waals surface area contributed by atoms with Gasteiger partial charge in [-0.2, -0.15) is 0 Å². The molecule has 6 rings (SSSR count). The SMILES string of the molecule is C1CC2CC(C1)C2.C1CC2CC(C1)C2.CC.CC.CCC. The Morgan fingerprint density at radius 3 is 0.762 bits per heavy atom. The normalized spacial score (nSPS) is 33.4. The summed E-state index contributed by atoms with van der Waals surface area (Å²) in [4.78, 5) is 0. The van der Waals surface area contributed by atoms with Gasteiger partial charge in [-0.1, -0.05) is 86.5 Å². The monoisotopic (exact) mass is 296 g/mol. The highest BCUT2D eigenvalue weighted by Crippen LogP contribution is 2.45. The van der Waals surface area contributed by atoms with Crippen molar-refractivity contribution in [1.29, 1.82) is 0 Å². The fraction of sp³-hybridized carbons (Fsp3) is 1.00. The second-order valence-electron chi connectivity index (χ2n) is 6.98. The highest BCUT2D eigenvalue weighted by Gasteiger charge is 2.32. The Bertz CT molecular complexity index is 147. The molecule has 0 spiro atoms. The van der Waals surface area contributed by atoms with E-state index in [4.69, 9.17) is 0 Å². The van der Waals surface area contributed by atoms with Crippen LogP contribution in [0.4, 0.5) is 0 Å². The molecule has 21 heavy (non-hydrogen) atoms. The van der Waals surface area contributed by atoms with Crippen molar-refractivity contribution in [3.63, 3.8) is 0 Å². The van der Waals surface area contributed by atoms with Gasteiger partial charge in [-0.25, -0.2) is 0 Å². The standard InChI is InChI=1S/2C7H12.C3H8.2C2H6/c2*1-2-6-4-7(3-1)5-6;1-3-2;2*1-2/h2*6-7H,1-5H2;3H2,1-2H3;2*1-2H3. The Labute approximate surface area is 136 Å². The molecule has 6 saturated carbocycles. The van der Waals surface area contributed by atoms with Crippen LogP contribution in [0.25, 0.3) is 0 Å². The molecule has 0 radical (unpaired) electrons. The molecule has 0 aliphatic heterocycles. The minimum absolute atomic E-state index is 1.18. The van der Waals surface area contributed by atoms with Gasteiger partial charge < -0.3 is 0 Å². The van der Waals surface area contributed by atoms with E-state index in [9.17, 15) is 0 Å². The van der Waals surface area contributed by atoms with Gasteiger partial charge in [0.2, 0.25) is 0 Å². The van der Waals surface area contributed by atoms with Crippen molar-refractivity contribution in [1.82, 2.24) is 0 Å². The summed E-state index contributed by atoms with van der Waals surface area (Å²) in [6, 6.07) is 0. The van der Waals surface area contributed by atoms with Crippen LogP contribution in [0.1, 0.15) is 112 Å². The number of hydrogen-bond acceptors (Lipinski definition) is 0. The smallest absolute Gasteiger partial charge is 0.0409 e. The summed E-state index contributed by atoms with van der Waals surface area (Å²) in [5.41, 5.74) is 0. The van der Waals surface area contributed by atoms with Gasteiger partial charge in [0, 0.05) is 0 Å². The Kier molecular flexibility index (Phi) is 13.6. The highest BCUT2D eigenvalue weighted by molar-refractivity contribution is 4.84. The third kappa shape index (κ3) is 8.27. The minimum Gasteiger partial charge on any atom is -0.0683 e. The predicted molar refractivity (Wildman–Crippen MR) is 98.8 cm³/mol. The van der Waals surface area contributed by atoms with Gasteiger partial charge in [0.05, 0.1) is 0 Å². The van der Waals surface area contributed by atoms with E-state index in [0.717, 1.165) is 0 Å². The first-order valence-electron chi connectivity index (χ1n) is 10.3. The number of rotatable bonds is 0. The number of hydrogen-bond donors (Lipinski definition) is 0. The zero-order valence-corrected chi connectivity index (χ0v) is 16.1. The molecular weight excluding hydrogens is 252 g/mol. The molecule has 0 atom stereocenters. The van der Waals surface area contributed by atoms with Crippen LogP contribution < -0.4 is 0 Å². The third-order valence-electron chi connectivity index (χ3n) is 5.12. The van der Waals surface area contributed by atoms with Crippen molar-refractivity contribution >= 4 is 0 Å². The molecule has 0 heteroatoms. The minimum atomic E-state index is 1.18.